The molecule has 1 heterocycles. The van der Waals surface area contributed by atoms with Crippen molar-refractivity contribution in [3.8, 4) is 11.1 Å². The van der Waals surface area contributed by atoms with Crippen LogP contribution in [0.15, 0.2) is 48.5 Å². The number of amides is 3. The van der Waals surface area contributed by atoms with E-state index in [0.717, 1.165) is 47.9 Å². The van der Waals surface area contributed by atoms with Gasteiger partial charge in [-0.2, -0.15) is 0 Å². The molecule has 8 heteroatoms. The van der Waals surface area contributed by atoms with E-state index in [0.29, 0.717) is 5.06 Å². The molecule has 0 spiro atoms. The summed E-state index contributed by atoms with van der Waals surface area (Å²) < 4.78 is 5.59. The zero-order valence-corrected chi connectivity index (χ0v) is 18.7. The van der Waals surface area contributed by atoms with E-state index < -0.39 is 29.9 Å². The Kier molecular flexibility index (Phi) is 6.04. The molecule has 3 amide bonds. The highest BCUT2D eigenvalue weighted by Gasteiger charge is 2.39. The van der Waals surface area contributed by atoms with E-state index in [1.165, 1.54) is 0 Å². The normalized spacial score (nSPS) is 18.5. The third-order valence-electron chi connectivity index (χ3n) is 6.93. The topological polar surface area (TPSA) is 102 Å². The van der Waals surface area contributed by atoms with Crippen molar-refractivity contribution in [3.63, 3.8) is 0 Å². The van der Waals surface area contributed by atoms with E-state index >= 15 is 0 Å². The maximum atomic E-state index is 12.9. The molecule has 1 saturated carbocycles. The van der Waals surface area contributed by atoms with Gasteiger partial charge in [-0.3, -0.25) is 9.59 Å². The predicted octanol–water partition coefficient (Wildman–Crippen LogP) is 3.69. The van der Waals surface area contributed by atoms with Gasteiger partial charge in [0.2, 0.25) is 0 Å². The van der Waals surface area contributed by atoms with E-state index in [9.17, 15) is 19.2 Å². The van der Waals surface area contributed by atoms with Crippen LogP contribution in [0, 0.1) is 5.92 Å². The van der Waals surface area contributed by atoms with Crippen LogP contribution in [0.5, 0.6) is 0 Å². The van der Waals surface area contributed by atoms with Crippen molar-refractivity contribution < 1.29 is 28.8 Å². The summed E-state index contributed by atoms with van der Waals surface area (Å²) in [6.45, 7) is 0.120. The molecule has 2 aliphatic carbocycles. The Hall–Kier alpha value is -3.68. The minimum absolute atomic E-state index is 0.0139. The van der Waals surface area contributed by atoms with Crippen molar-refractivity contribution in [1.29, 1.82) is 0 Å². The summed E-state index contributed by atoms with van der Waals surface area (Å²) in [5, 5.41) is 3.17. The summed E-state index contributed by atoms with van der Waals surface area (Å²) in [6.07, 6.45) is 2.65. The fourth-order valence-electron chi connectivity index (χ4n) is 5.23. The quantitative estimate of drug-likeness (QED) is 0.657. The fraction of sp³-hybridized carbons (Fsp3) is 0.385. The fourth-order valence-corrected chi connectivity index (χ4v) is 5.23. The lowest BCUT2D eigenvalue weighted by Gasteiger charge is -2.24. The smallest absolute Gasteiger partial charge is 0.407 e. The van der Waals surface area contributed by atoms with Crippen LogP contribution < -0.4 is 5.32 Å². The SMILES string of the molecule is O=C(NC(C(=O)ON1C(=O)CCC1=O)C1CCCC1)OCC1c2ccccc2-c2ccccc21. The average Bonchev–Trinajstić information content (AvgIpc) is 3.56. The van der Waals surface area contributed by atoms with Crippen molar-refractivity contribution in [1.82, 2.24) is 10.4 Å². The van der Waals surface area contributed by atoms with Gasteiger partial charge in [-0.05, 0) is 41.0 Å². The molecule has 2 aromatic rings. The van der Waals surface area contributed by atoms with Crippen molar-refractivity contribution in [2.45, 2.75) is 50.5 Å². The van der Waals surface area contributed by atoms with Gasteiger partial charge in [-0.1, -0.05) is 61.4 Å². The second-order valence-corrected chi connectivity index (χ2v) is 8.98. The number of imide groups is 1. The Morgan fingerprint density at radius 3 is 2.06 bits per heavy atom. The molecule has 1 unspecified atom stereocenters. The van der Waals surface area contributed by atoms with E-state index in [1.807, 2.05) is 36.4 Å². The highest BCUT2D eigenvalue weighted by molar-refractivity contribution is 6.02. The van der Waals surface area contributed by atoms with Crippen LogP contribution in [-0.2, 0) is 24.0 Å². The Balaban J connectivity index is 1.27. The summed E-state index contributed by atoms with van der Waals surface area (Å²) in [7, 11) is 0. The molecule has 0 aromatic heterocycles. The van der Waals surface area contributed by atoms with Crippen LogP contribution in [-0.4, -0.2) is 41.6 Å². The minimum Gasteiger partial charge on any atom is -0.449 e. The molecular weight excluding hydrogens is 436 g/mol. The number of hydroxylamine groups is 2. The lowest BCUT2D eigenvalue weighted by molar-refractivity contribution is -0.199. The van der Waals surface area contributed by atoms with Gasteiger partial charge in [0.15, 0.2) is 0 Å². The van der Waals surface area contributed by atoms with Crippen molar-refractivity contribution in [2.24, 2.45) is 5.92 Å². The third kappa shape index (κ3) is 4.16. The van der Waals surface area contributed by atoms with Crippen LogP contribution in [0.4, 0.5) is 4.79 Å². The number of hydrogen-bond donors (Lipinski definition) is 1. The van der Waals surface area contributed by atoms with Crippen LogP contribution in [0.2, 0.25) is 0 Å². The molecule has 1 aliphatic heterocycles. The first-order valence-corrected chi connectivity index (χ1v) is 11.7. The van der Waals surface area contributed by atoms with Gasteiger partial charge >= 0.3 is 12.1 Å². The highest BCUT2D eigenvalue weighted by atomic mass is 16.7. The van der Waals surface area contributed by atoms with Gasteiger partial charge in [-0.25, -0.2) is 9.59 Å². The molecule has 1 atom stereocenters. The number of ether oxygens (including phenoxy) is 1. The van der Waals surface area contributed by atoms with Crippen molar-refractivity contribution >= 4 is 23.9 Å². The molecule has 2 aromatic carbocycles. The number of alkyl carbamates (subject to hydrolysis) is 1. The molecule has 3 aliphatic rings. The summed E-state index contributed by atoms with van der Waals surface area (Å²) in [5.41, 5.74) is 4.43. The van der Waals surface area contributed by atoms with E-state index in [2.05, 4.69) is 17.4 Å². The minimum atomic E-state index is -0.987. The van der Waals surface area contributed by atoms with Gasteiger partial charge in [0.1, 0.15) is 12.6 Å². The molecule has 8 nitrogen and oxygen atoms in total. The van der Waals surface area contributed by atoms with Crippen molar-refractivity contribution in [3.05, 3.63) is 59.7 Å². The van der Waals surface area contributed by atoms with Gasteiger partial charge < -0.3 is 14.9 Å². The Morgan fingerprint density at radius 2 is 1.47 bits per heavy atom. The second-order valence-electron chi connectivity index (χ2n) is 8.98. The number of hydrogen-bond acceptors (Lipinski definition) is 6. The van der Waals surface area contributed by atoms with Crippen LogP contribution in [0.25, 0.3) is 11.1 Å². The van der Waals surface area contributed by atoms with Gasteiger partial charge in [0.25, 0.3) is 11.8 Å². The van der Waals surface area contributed by atoms with Crippen LogP contribution >= 0.6 is 0 Å². The first kappa shape index (κ1) is 22.1. The molecule has 1 N–H and O–H groups in total. The van der Waals surface area contributed by atoms with E-state index in [-0.39, 0.29) is 31.3 Å². The molecule has 34 heavy (non-hydrogen) atoms. The molecule has 0 bridgehead atoms. The zero-order valence-electron chi connectivity index (χ0n) is 18.7. The lowest BCUT2D eigenvalue weighted by atomic mass is 9.98. The molecule has 0 radical (unpaired) electrons. The second kappa shape index (κ2) is 9.29. The van der Waals surface area contributed by atoms with E-state index in [1.54, 1.807) is 0 Å². The summed E-state index contributed by atoms with van der Waals surface area (Å²) in [4.78, 5) is 54.4. The maximum Gasteiger partial charge on any atom is 0.407 e. The standard InChI is InChI=1S/C26H26N2O6/c29-22-13-14-23(30)28(22)34-25(31)24(16-7-1-2-8-16)27-26(32)33-15-21-19-11-5-3-9-17(19)18-10-4-6-12-20(18)21/h3-6,9-12,16,21,24H,1-2,7-8,13-15H2,(H,27,32). The Labute approximate surface area is 197 Å². The van der Waals surface area contributed by atoms with Crippen LogP contribution in [0.1, 0.15) is 55.6 Å². The molecule has 1 saturated heterocycles. The van der Waals surface area contributed by atoms with Crippen LogP contribution in [0.3, 0.4) is 0 Å². The van der Waals surface area contributed by atoms with E-state index in [4.69, 9.17) is 9.57 Å². The molecule has 176 valence electrons. The van der Waals surface area contributed by atoms with Crippen molar-refractivity contribution in [2.75, 3.05) is 6.61 Å². The Morgan fingerprint density at radius 1 is 0.912 bits per heavy atom. The number of benzene rings is 2. The third-order valence-corrected chi connectivity index (χ3v) is 6.93. The highest BCUT2D eigenvalue weighted by Crippen LogP contribution is 2.44. The summed E-state index contributed by atoms with van der Waals surface area (Å²) in [6, 6.07) is 15.1. The van der Waals surface area contributed by atoms with Gasteiger partial charge in [0, 0.05) is 18.8 Å². The maximum absolute atomic E-state index is 12.9. The number of nitrogens with zero attached hydrogens (tertiary/aromatic N) is 1. The average molecular weight is 463 g/mol. The molecule has 2 fully saturated rings. The predicted molar refractivity (Wildman–Crippen MR) is 121 cm³/mol. The summed E-state index contributed by atoms with van der Waals surface area (Å²) >= 11 is 0. The largest absolute Gasteiger partial charge is 0.449 e. The molecular formula is C26H26N2O6. The zero-order chi connectivity index (χ0) is 23.7. The number of nitrogens with one attached hydrogen (secondary N) is 1. The number of rotatable bonds is 6. The van der Waals surface area contributed by atoms with Gasteiger partial charge in [0.05, 0.1) is 0 Å². The number of carbonyl (C=O) groups is 4. The number of fused-ring (bicyclic) bond motifs is 3. The molecule has 5 rings (SSSR count). The first-order chi connectivity index (χ1) is 16.5. The first-order valence-electron chi connectivity index (χ1n) is 11.7. The monoisotopic (exact) mass is 462 g/mol. The lowest BCUT2D eigenvalue weighted by Crippen LogP contribution is -2.49. The number of carbonyl (C=O) groups excluding carboxylic acids is 4. The Bertz CT molecular complexity index is 1080. The van der Waals surface area contributed by atoms with Gasteiger partial charge in [-0.15, -0.1) is 5.06 Å². The summed E-state index contributed by atoms with van der Waals surface area (Å²) in [5.74, 6) is -2.16.